The third-order valence-electron chi connectivity index (χ3n) is 5.05. The number of thiophene rings is 1. The summed E-state index contributed by atoms with van der Waals surface area (Å²) >= 11 is 5.17. The Bertz CT molecular complexity index is 1040. The van der Waals surface area contributed by atoms with Crippen molar-refractivity contribution in [3.63, 3.8) is 0 Å². The van der Waals surface area contributed by atoms with Gasteiger partial charge in [-0.05, 0) is 43.3 Å². The number of amides is 1. The third-order valence-corrected chi connectivity index (χ3v) is 6.69. The molecule has 5 nitrogen and oxygen atoms in total. The Morgan fingerprint density at radius 3 is 3.00 bits per heavy atom. The van der Waals surface area contributed by atoms with Crippen LogP contribution in [0, 0.1) is 0 Å². The van der Waals surface area contributed by atoms with Crippen molar-refractivity contribution >= 4 is 38.2 Å². The summed E-state index contributed by atoms with van der Waals surface area (Å²) in [4.78, 5) is 16.4. The van der Waals surface area contributed by atoms with Gasteiger partial charge in [0.2, 0.25) is 0 Å². The monoisotopic (exact) mass is 443 g/mol. The minimum atomic E-state index is -0.358. The van der Waals surface area contributed by atoms with E-state index in [0.717, 1.165) is 45.9 Å². The maximum Gasteiger partial charge on any atom is 0.256 e. The Morgan fingerprint density at radius 1 is 1.26 bits per heavy atom. The Kier molecular flexibility index (Phi) is 4.11. The van der Waals surface area contributed by atoms with Crippen LogP contribution in [0.15, 0.2) is 45.3 Å². The van der Waals surface area contributed by atoms with Gasteiger partial charge in [0.05, 0.1) is 5.56 Å². The molecule has 3 aromatic rings. The highest BCUT2D eigenvalue weighted by molar-refractivity contribution is 9.10. The Balaban J connectivity index is 1.45. The maximum atomic E-state index is 12.8. The van der Waals surface area contributed by atoms with Crippen molar-refractivity contribution in [2.24, 2.45) is 0 Å². The van der Waals surface area contributed by atoms with E-state index in [0.29, 0.717) is 5.76 Å². The Morgan fingerprint density at radius 2 is 2.15 bits per heavy atom. The van der Waals surface area contributed by atoms with Gasteiger partial charge in [0, 0.05) is 28.0 Å². The Hall–Kier alpha value is -2.09. The minimum Gasteiger partial charge on any atom is -0.457 e. The van der Waals surface area contributed by atoms with E-state index in [2.05, 4.69) is 38.5 Å². The fraction of sp³-hybridized carbons (Fsp3) is 0.250. The molecule has 0 fully saturated rings. The van der Waals surface area contributed by atoms with Crippen molar-refractivity contribution < 1.29 is 9.21 Å². The molecule has 7 heteroatoms. The number of benzene rings is 1. The number of hydrogen-bond acceptors (Lipinski definition) is 5. The number of nitrogens with zero attached hydrogens (tertiary/aromatic N) is 1. The zero-order chi connectivity index (χ0) is 18.5. The molecule has 0 radical (unpaired) electrons. The number of carbonyl (C=O) groups excluding carboxylic acids is 1. The van der Waals surface area contributed by atoms with Gasteiger partial charge in [0.1, 0.15) is 16.5 Å². The number of carbonyl (C=O) groups is 1. The molecule has 2 aromatic heterocycles. The van der Waals surface area contributed by atoms with Gasteiger partial charge in [0.15, 0.2) is 6.17 Å². The van der Waals surface area contributed by atoms with Crippen LogP contribution in [0.3, 0.4) is 0 Å². The van der Waals surface area contributed by atoms with Gasteiger partial charge in [-0.1, -0.05) is 28.1 Å². The molecule has 1 atom stereocenters. The lowest BCUT2D eigenvalue weighted by Crippen LogP contribution is -2.38. The van der Waals surface area contributed by atoms with Crippen LogP contribution in [0.4, 0.5) is 5.00 Å². The lowest BCUT2D eigenvalue weighted by Gasteiger charge is -2.26. The summed E-state index contributed by atoms with van der Waals surface area (Å²) in [5.41, 5.74) is 3.01. The number of furan rings is 1. The molecular formula is C20H18BrN3O2S. The largest absolute Gasteiger partial charge is 0.457 e. The van der Waals surface area contributed by atoms with Crippen molar-refractivity contribution in [1.29, 1.82) is 0 Å². The van der Waals surface area contributed by atoms with E-state index in [1.165, 1.54) is 10.4 Å². The highest BCUT2D eigenvalue weighted by atomic mass is 79.9. The second-order valence-corrected chi connectivity index (χ2v) is 8.98. The summed E-state index contributed by atoms with van der Waals surface area (Å²) in [5.74, 6) is 1.46. The van der Waals surface area contributed by atoms with Crippen LogP contribution in [0.25, 0.3) is 11.3 Å². The first-order chi connectivity index (χ1) is 13.1. The fourth-order valence-corrected chi connectivity index (χ4v) is 5.44. The van der Waals surface area contributed by atoms with Crippen LogP contribution >= 0.6 is 27.3 Å². The van der Waals surface area contributed by atoms with Gasteiger partial charge >= 0.3 is 0 Å². The van der Waals surface area contributed by atoms with E-state index < -0.39 is 0 Å². The number of rotatable bonds is 2. The standard InChI is InChI=1S/C20H18BrN3O2S/c1-24-8-7-13-16(10-24)27-20-17(13)19(25)22-18(23-20)15-6-5-14(26-15)11-3-2-4-12(21)9-11/h2-6,9,18,23H,7-8,10H2,1H3,(H,22,25). The van der Waals surface area contributed by atoms with Crippen molar-refractivity contribution in [2.75, 3.05) is 18.9 Å². The third kappa shape index (κ3) is 2.99. The lowest BCUT2D eigenvalue weighted by atomic mass is 10.0. The zero-order valence-corrected chi connectivity index (χ0v) is 17.1. The topological polar surface area (TPSA) is 57.5 Å². The van der Waals surface area contributed by atoms with E-state index in [9.17, 15) is 4.79 Å². The van der Waals surface area contributed by atoms with Crippen LogP contribution in [0.2, 0.25) is 0 Å². The summed E-state index contributed by atoms with van der Waals surface area (Å²) in [5, 5.41) is 7.46. The summed E-state index contributed by atoms with van der Waals surface area (Å²) in [6, 6.07) is 11.8. The van der Waals surface area contributed by atoms with E-state index in [-0.39, 0.29) is 12.1 Å². The molecule has 1 aromatic carbocycles. The fourth-order valence-electron chi connectivity index (χ4n) is 3.69. The lowest BCUT2D eigenvalue weighted by molar-refractivity contribution is 0.0930. The second-order valence-electron chi connectivity index (χ2n) is 6.96. The van der Waals surface area contributed by atoms with Crippen molar-refractivity contribution in [1.82, 2.24) is 10.2 Å². The molecule has 1 unspecified atom stereocenters. The molecule has 27 heavy (non-hydrogen) atoms. The van der Waals surface area contributed by atoms with Crippen LogP contribution in [0.5, 0.6) is 0 Å². The van der Waals surface area contributed by atoms with Crippen LogP contribution in [-0.2, 0) is 13.0 Å². The predicted octanol–water partition coefficient (Wildman–Crippen LogP) is 4.61. The number of nitrogens with one attached hydrogen (secondary N) is 2. The molecule has 138 valence electrons. The SMILES string of the molecule is CN1CCc2c(sc3c2C(=O)NC(c2ccc(-c4cccc(Br)c4)o2)N3)C1. The summed E-state index contributed by atoms with van der Waals surface area (Å²) in [6.07, 6.45) is 0.564. The number of fused-ring (bicyclic) bond motifs is 3. The number of anilines is 1. The molecule has 2 aliphatic rings. The number of halogens is 1. The van der Waals surface area contributed by atoms with Gasteiger partial charge in [0.25, 0.3) is 5.91 Å². The quantitative estimate of drug-likeness (QED) is 0.606. The van der Waals surface area contributed by atoms with E-state index in [1.807, 2.05) is 36.4 Å². The van der Waals surface area contributed by atoms with E-state index in [1.54, 1.807) is 11.3 Å². The van der Waals surface area contributed by atoms with Gasteiger partial charge in [-0.2, -0.15) is 0 Å². The van der Waals surface area contributed by atoms with Crippen LogP contribution < -0.4 is 10.6 Å². The van der Waals surface area contributed by atoms with Crippen molar-refractivity contribution in [2.45, 2.75) is 19.1 Å². The van der Waals surface area contributed by atoms with Gasteiger partial charge in [-0.3, -0.25) is 4.79 Å². The average Bonchev–Trinajstić information content (AvgIpc) is 3.26. The number of likely N-dealkylation sites (N-methyl/N-ethyl adjacent to an activating group) is 1. The summed E-state index contributed by atoms with van der Waals surface area (Å²) < 4.78 is 7.05. The molecule has 0 aliphatic carbocycles. The molecular weight excluding hydrogens is 426 g/mol. The summed E-state index contributed by atoms with van der Waals surface area (Å²) in [6.45, 7) is 1.89. The molecule has 5 rings (SSSR count). The smallest absolute Gasteiger partial charge is 0.256 e. The first-order valence-corrected chi connectivity index (χ1v) is 10.5. The molecule has 0 saturated heterocycles. The highest BCUT2D eigenvalue weighted by Gasteiger charge is 2.33. The second kappa shape index (κ2) is 6.51. The maximum absolute atomic E-state index is 12.8. The molecule has 2 N–H and O–H groups in total. The number of hydrogen-bond donors (Lipinski definition) is 2. The molecule has 0 bridgehead atoms. The van der Waals surface area contributed by atoms with Crippen molar-refractivity contribution in [3.8, 4) is 11.3 Å². The predicted molar refractivity (Wildman–Crippen MR) is 110 cm³/mol. The molecule has 1 amide bonds. The Labute approximate surface area is 169 Å². The minimum absolute atomic E-state index is 0.0174. The van der Waals surface area contributed by atoms with Crippen LogP contribution in [0.1, 0.15) is 32.7 Å². The van der Waals surface area contributed by atoms with Crippen molar-refractivity contribution in [3.05, 3.63) is 62.6 Å². The zero-order valence-electron chi connectivity index (χ0n) is 14.7. The highest BCUT2D eigenvalue weighted by Crippen LogP contribution is 2.41. The molecule has 2 aliphatic heterocycles. The first kappa shape index (κ1) is 17.0. The molecule has 0 saturated carbocycles. The first-order valence-electron chi connectivity index (χ1n) is 8.84. The van der Waals surface area contributed by atoms with Gasteiger partial charge in [-0.15, -0.1) is 11.3 Å². The van der Waals surface area contributed by atoms with E-state index in [4.69, 9.17) is 4.42 Å². The molecule has 0 spiro atoms. The van der Waals surface area contributed by atoms with Crippen LogP contribution in [-0.4, -0.2) is 24.4 Å². The van der Waals surface area contributed by atoms with Gasteiger partial charge in [-0.25, -0.2) is 0 Å². The van der Waals surface area contributed by atoms with E-state index >= 15 is 0 Å². The average molecular weight is 444 g/mol. The molecule has 4 heterocycles. The summed E-state index contributed by atoms with van der Waals surface area (Å²) in [7, 11) is 2.12. The normalized spacial score (nSPS) is 19.2. The van der Waals surface area contributed by atoms with Gasteiger partial charge < -0.3 is 20.0 Å².